The second-order valence-corrected chi connectivity index (χ2v) is 6.10. The maximum Gasteiger partial charge on any atom is 0.228 e. The number of nitrogens with zero attached hydrogens (tertiary/aromatic N) is 3. The third kappa shape index (κ3) is 3.55. The number of piperidine rings is 1. The summed E-state index contributed by atoms with van der Waals surface area (Å²) in [7, 11) is 3.61. The number of rotatable bonds is 4. The summed E-state index contributed by atoms with van der Waals surface area (Å²) in [4.78, 5) is 18.5. The van der Waals surface area contributed by atoms with Crippen molar-refractivity contribution in [2.75, 3.05) is 20.2 Å². The number of hydrogen-bond acceptors (Lipinski definition) is 3. The second kappa shape index (κ2) is 6.86. The van der Waals surface area contributed by atoms with Crippen molar-refractivity contribution in [1.82, 2.24) is 14.5 Å². The lowest BCUT2D eigenvalue weighted by Gasteiger charge is -2.32. The van der Waals surface area contributed by atoms with Crippen LogP contribution in [-0.4, -0.2) is 40.6 Å². The van der Waals surface area contributed by atoms with E-state index in [2.05, 4.69) is 17.1 Å². The Kier molecular flexibility index (Phi) is 4.65. The van der Waals surface area contributed by atoms with Gasteiger partial charge in [-0.25, -0.2) is 4.98 Å². The van der Waals surface area contributed by atoms with Gasteiger partial charge in [0.25, 0.3) is 0 Å². The van der Waals surface area contributed by atoms with Crippen LogP contribution in [0.4, 0.5) is 0 Å². The number of carbonyl (C=O) groups excluding carboxylic acids is 1. The zero-order valence-electron chi connectivity index (χ0n) is 13.7. The lowest BCUT2D eigenvalue weighted by atomic mass is 9.89. The van der Waals surface area contributed by atoms with E-state index in [4.69, 9.17) is 4.74 Å². The van der Waals surface area contributed by atoms with E-state index in [9.17, 15) is 4.79 Å². The number of benzene rings is 1. The van der Waals surface area contributed by atoms with E-state index in [1.807, 2.05) is 28.6 Å². The van der Waals surface area contributed by atoms with Gasteiger partial charge < -0.3 is 14.2 Å². The van der Waals surface area contributed by atoms with Gasteiger partial charge in [0.1, 0.15) is 5.75 Å². The summed E-state index contributed by atoms with van der Waals surface area (Å²) in [6, 6.07) is 8.27. The molecule has 1 fully saturated rings. The molecule has 2 heterocycles. The number of amides is 1. The Labute approximate surface area is 136 Å². The molecule has 1 aromatic heterocycles. The van der Waals surface area contributed by atoms with E-state index in [1.165, 1.54) is 5.56 Å². The van der Waals surface area contributed by atoms with Crippen LogP contribution in [0.1, 0.15) is 30.0 Å². The van der Waals surface area contributed by atoms with E-state index < -0.39 is 0 Å². The highest BCUT2D eigenvalue weighted by atomic mass is 16.5. The van der Waals surface area contributed by atoms with E-state index in [0.29, 0.717) is 12.3 Å². The molecule has 0 saturated carbocycles. The van der Waals surface area contributed by atoms with Crippen LogP contribution in [0.25, 0.3) is 0 Å². The molecule has 0 spiro atoms. The molecule has 1 aliphatic rings. The van der Waals surface area contributed by atoms with Gasteiger partial charge in [-0.15, -0.1) is 0 Å². The molecule has 1 aromatic carbocycles. The van der Waals surface area contributed by atoms with Crippen molar-refractivity contribution in [2.45, 2.75) is 25.2 Å². The maximum absolute atomic E-state index is 12.4. The van der Waals surface area contributed by atoms with Crippen molar-refractivity contribution in [2.24, 2.45) is 7.05 Å². The summed E-state index contributed by atoms with van der Waals surface area (Å²) < 4.78 is 7.21. The van der Waals surface area contributed by atoms with Crippen LogP contribution in [-0.2, 0) is 18.3 Å². The molecule has 0 bridgehead atoms. The molecule has 23 heavy (non-hydrogen) atoms. The molecular weight excluding hydrogens is 290 g/mol. The van der Waals surface area contributed by atoms with Gasteiger partial charge in [0.15, 0.2) is 0 Å². The largest absolute Gasteiger partial charge is 0.497 e. The predicted octanol–water partition coefficient (Wildman–Crippen LogP) is 2.38. The van der Waals surface area contributed by atoms with Crippen molar-refractivity contribution in [3.8, 4) is 5.75 Å². The Bertz CT molecular complexity index is 672. The molecule has 0 radical (unpaired) electrons. The molecule has 2 aromatic rings. The monoisotopic (exact) mass is 313 g/mol. The van der Waals surface area contributed by atoms with Gasteiger partial charge in [-0.3, -0.25) is 4.79 Å². The lowest BCUT2D eigenvalue weighted by molar-refractivity contribution is -0.131. The summed E-state index contributed by atoms with van der Waals surface area (Å²) in [6.07, 6.45) is 5.94. The Hall–Kier alpha value is -2.30. The Morgan fingerprint density at radius 3 is 2.78 bits per heavy atom. The first-order valence-electron chi connectivity index (χ1n) is 8.04. The number of hydrogen-bond donors (Lipinski definition) is 0. The zero-order valence-corrected chi connectivity index (χ0v) is 13.7. The predicted molar refractivity (Wildman–Crippen MR) is 88.5 cm³/mol. The highest BCUT2D eigenvalue weighted by Gasteiger charge is 2.24. The summed E-state index contributed by atoms with van der Waals surface area (Å²) >= 11 is 0. The first-order valence-corrected chi connectivity index (χ1v) is 8.04. The molecule has 122 valence electrons. The normalized spacial score (nSPS) is 15.7. The number of ether oxygens (including phenoxy) is 1. The van der Waals surface area contributed by atoms with Gasteiger partial charge in [-0.05, 0) is 36.5 Å². The van der Waals surface area contributed by atoms with Crippen molar-refractivity contribution in [3.05, 3.63) is 48.0 Å². The smallest absolute Gasteiger partial charge is 0.228 e. The molecule has 1 saturated heterocycles. The molecule has 5 nitrogen and oxygen atoms in total. The van der Waals surface area contributed by atoms with Crippen molar-refractivity contribution in [1.29, 1.82) is 0 Å². The van der Waals surface area contributed by atoms with Gasteiger partial charge >= 0.3 is 0 Å². The van der Waals surface area contributed by atoms with Crippen LogP contribution in [0, 0.1) is 0 Å². The van der Waals surface area contributed by atoms with E-state index in [1.54, 1.807) is 19.6 Å². The van der Waals surface area contributed by atoms with Gasteiger partial charge in [0.2, 0.25) is 5.91 Å². The zero-order chi connectivity index (χ0) is 16.2. The summed E-state index contributed by atoms with van der Waals surface area (Å²) in [6.45, 7) is 1.64. The number of aryl methyl sites for hydroxylation is 1. The summed E-state index contributed by atoms with van der Waals surface area (Å²) in [5.74, 6) is 1.60. The molecule has 1 amide bonds. The molecule has 5 heteroatoms. The minimum absolute atomic E-state index is 0.192. The van der Waals surface area contributed by atoms with E-state index in [0.717, 1.165) is 37.4 Å². The first kappa shape index (κ1) is 15.6. The standard InChI is InChI=1S/C18H23N3O2/c1-20-13-19-12-16(20)11-18(22)21-8-6-14(7-9-21)15-4-3-5-17(10-15)23-2/h3-5,10,12-14H,6-9,11H2,1-2H3. The number of methoxy groups -OCH3 is 1. The third-order valence-corrected chi connectivity index (χ3v) is 4.66. The minimum atomic E-state index is 0.192. The molecule has 1 aliphatic heterocycles. The van der Waals surface area contributed by atoms with Crippen LogP contribution in [0.15, 0.2) is 36.8 Å². The fraction of sp³-hybridized carbons (Fsp3) is 0.444. The van der Waals surface area contributed by atoms with Crippen molar-refractivity contribution >= 4 is 5.91 Å². The van der Waals surface area contributed by atoms with E-state index in [-0.39, 0.29) is 5.91 Å². The van der Waals surface area contributed by atoms with Crippen LogP contribution < -0.4 is 4.74 Å². The van der Waals surface area contributed by atoms with Crippen molar-refractivity contribution in [3.63, 3.8) is 0 Å². The Morgan fingerprint density at radius 2 is 2.13 bits per heavy atom. The van der Waals surface area contributed by atoms with Crippen LogP contribution in [0.2, 0.25) is 0 Å². The number of imidazole rings is 1. The summed E-state index contributed by atoms with van der Waals surface area (Å²) in [5.41, 5.74) is 2.27. The van der Waals surface area contributed by atoms with E-state index >= 15 is 0 Å². The van der Waals surface area contributed by atoms with Gasteiger partial charge in [-0.1, -0.05) is 12.1 Å². The molecule has 0 aliphatic carbocycles. The molecule has 0 unspecified atom stereocenters. The van der Waals surface area contributed by atoms with Crippen LogP contribution in [0.5, 0.6) is 5.75 Å². The quantitative estimate of drug-likeness (QED) is 0.870. The molecule has 3 rings (SSSR count). The van der Waals surface area contributed by atoms with Crippen LogP contribution in [0.3, 0.4) is 0 Å². The van der Waals surface area contributed by atoms with Crippen molar-refractivity contribution < 1.29 is 9.53 Å². The highest BCUT2D eigenvalue weighted by Crippen LogP contribution is 2.30. The number of likely N-dealkylation sites (tertiary alicyclic amines) is 1. The molecule has 0 atom stereocenters. The first-order chi connectivity index (χ1) is 11.2. The SMILES string of the molecule is COc1cccc(C2CCN(C(=O)Cc3cncn3C)CC2)c1. The average molecular weight is 313 g/mol. The fourth-order valence-corrected chi connectivity index (χ4v) is 3.18. The summed E-state index contributed by atoms with van der Waals surface area (Å²) in [5, 5.41) is 0. The Balaban J connectivity index is 1.57. The molecule has 0 N–H and O–H groups in total. The van der Waals surface area contributed by atoms with Gasteiger partial charge in [0.05, 0.1) is 19.9 Å². The minimum Gasteiger partial charge on any atom is -0.497 e. The average Bonchev–Trinajstić information content (AvgIpc) is 3.00. The Morgan fingerprint density at radius 1 is 1.35 bits per heavy atom. The number of aromatic nitrogens is 2. The number of carbonyl (C=O) groups is 1. The second-order valence-electron chi connectivity index (χ2n) is 6.10. The highest BCUT2D eigenvalue weighted by molar-refractivity contribution is 5.78. The van der Waals surface area contributed by atoms with Crippen LogP contribution >= 0.6 is 0 Å². The van der Waals surface area contributed by atoms with Gasteiger partial charge in [-0.2, -0.15) is 0 Å². The molecular formula is C18H23N3O2. The van der Waals surface area contributed by atoms with Gasteiger partial charge in [0, 0.05) is 32.0 Å². The topological polar surface area (TPSA) is 47.4 Å². The third-order valence-electron chi connectivity index (χ3n) is 4.66. The lowest BCUT2D eigenvalue weighted by Crippen LogP contribution is -2.39. The fourth-order valence-electron chi connectivity index (χ4n) is 3.18. The maximum atomic E-state index is 12.4.